The monoisotopic (exact) mass is 312 g/mol. The third-order valence-corrected chi connectivity index (χ3v) is 4.49. The van der Waals surface area contributed by atoms with Crippen LogP contribution in [0.5, 0.6) is 0 Å². The molecule has 1 fully saturated rings. The van der Waals surface area contributed by atoms with E-state index in [2.05, 4.69) is 4.98 Å². The van der Waals surface area contributed by atoms with Crippen LogP contribution in [-0.4, -0.2) is 32.4 Å². The second-order valence-electron chi connectivity index (χ2n) is 6.19. The average Bonchev–Trinajstić information content (AvgIpc) is 2.69. The molecule has 1 amide bonds. The van der Waals surface area contributed by atoms with Gasteiger partial charge < -0.3 is 9.84 Å². The molecule has 1 saturated heterocycles. The SMILES string of the molecule is CC1(Cc2ccccc2)OC(=O)N(Cc2ccccn2)C1(C)O. The molecule has 1 N–H and O–H groups in total. The summed E-state index contributed by atoms with van der Waals surface area (Å²) in [6.45, 7) is 3.58. The summed E-state index contributed by atoms with van der Waals surface area (Å²) in [5, 5.41) is 11.0. The van der Waals surface area contributed by atoms with E-state index in [4.69, 9.17) is 4.74 Å². The first-order chi connectivity index (χ1) is 10.9. The maximum Gasteiger partial charge on any atom is 0.413 e. The molecule has 0 aliphatic carbocycles. The van der Waals surface area contributed by atoms with Crippen LogP contribution in [-0.2, 0) is 17.7 Å². The van der Waals surface area contributed by atoms with Gasteiger partial charge in [-0.15, -0.1) is 0 Å². The Kier molecular flexibility index (Phi) is 3.82. The highest BCUT2D eigenvalue weighted by Gasteiger charge is 2.59. The summed E-state index contributed by atoms with van der Waals surface area (Å²) in [6.07, 6.45) is 1.57. The van der Waals surface area contributed by atoms with E-state index in [-0.39, 0.29) is 6.54 Å². The van der Waals surface area contributed by atoms with Gasteiger partial charge in [0.1, 0.15) is 0 Å². The first-order valence-corrected chi connectivity index (χ1v) is 7.59. The highest BCUT2D eigenvalue weighted by molar-refractivity contribution is 5.72. The molecule has 5 nitrogen and oxygen atoms in total. The molecule has 0 spiro atoms. The summed E-state index contributed by atoms with van der Waals surface area (Å²) in [5.74, 6) is 0. The van der Waals surface area contributed by atoms with Gasteiger partial charge in [0.05, 0.1) is 12.2 Å². The zero-order chi connectivity index (χ0) is 16.5. The van der Waals surface area contributed by atoms with Crippen molar-refractivity contribution in [2.45, 2.75) is 38.1 Å². The van der Waals surface area contributed by atoms with Gasteiger partial charge >= 0.3 is 6.09 Å². The van der Waals surface area contributed by atoms with Crippen LogP contribution in [0.1, 0.15) is 25.1 Å². The summed E-state index contributed by atoms with van der Waals surface area (Å²) < 4.78 is 5.56. The Morgan fingerprint density at radius 3 is 2.48 bits per heavy atom. The summed E-state index contributed by atoms with van der Waals surface area (Å²) in [4.78, 5) is 17.9. The Balaban J connectivity index is 1.85. The van der Waals surface area contributed by atoms with Gasteiger partial charge in [0.2, 0.25) is 0 Å². The van der Waals surface area contributed by atoms with E-state index in [1.165, 1.54) is 4.90 Å². The Hall–Kier alpha value is -2.40. The standard InChI is InChI=1S/C18H20N2O3/c1-17(12-14-8-4-3-5-9-14)18(2,22)20(16(21)23-17)13-15-10-6-7-11-19-15/h3-11,22H,12-13H2,1-2H3. The smallest absolute Gasteiger partial charge is 0.413 e. The Labute approximate surface area is 135 Å². The summed E-state index contributed by atoms with van der Waals surface area (Å²) in [6, 6.07) is 15.2. The minimum absolute atomic E-state index is 0.205. The Morgan fingerprint density at radius 2 is 1.83 bits per heavy atom. The lowest BCUT2D eigenvalue weighted by molar-refractivity contribution is -0.138. The number of rotatable bonds is 4. The van der Waals surface area contributed by atoms with Gasteiger partial charge in [-0.1, -0.05) is 36.4 Å². The van der Waals surface area contributed by atoms with Crippen LogP contribution in [0.3, 0.4) is 0 Å². The normalized spacial score (nSPS) is 27.1. The number of cyclic esters (lactones) is 1. The average molecular weight is 312 g/mol. The van der Waals surface area contributed by atoms with Gasteiger partial charge in [0.25, 0.3) is 0 Å². The second kappa shape index (κ2) is 5.66. The number of nitrogens with zero attached hydrogens (tertiary/aromatic N) is 2. The lowest BCUT2D eigenvalue weighted by Gasteiger charge is -2.37. The molecule has 0 bridgehead atoms. The molecule has 2 aromatic rings. The van der Waals surface area contributed by atoms with Crippen molar-refractivity contribution in [3.8, 4) is 0 Å². The van der Waals surface area contributed by atoms with E-state index in [9.17, 15) is 9.90 Å². The van der Waals surface area contributed by atoms with E-state index in [1.54, 1.807) is 20.0 Å². The summed E-state index contributed by atoms with van der Waals surface area (Å²) >= 11 is 0. The first kappa shape index (κ1) is 15.5. The molecule has 2 heterocycles. The molecule has 2 atom stereocenters. The van der Waals surface area contributed by atoms with E-state index in [0.29, 0.717) is 12.1 Å². The Bertz CT molecular complexity index is 688. The fraction of sp³-hybridized carbons (Fsp3) is 0.333. The molecular formula is C18H20N2O3. The molecule has 1 aromatic heterocycles. The highest BCUT2D eigenvalue weighted by atomic mass is 16.6. The van der Waals surface area contributed by atoms with Gasteiger partial charge in [-0.2, -0.15) is 0 Å². The van der Waals surface area contributed by atoms with Gasteiger partial charge in [-0.25, -0.2) is 4.79 Å². The zero-order valence-corrected chi connectivity index (χ0v) is 13.3. The molecule has 0 radical (unpaired) electrons. The van der Waals surface area contributed by atoms with Crippen molar-refractivity contribution in [2.24, 2.45) is 0 Å². The topological polar surface area (TPSA) is 62.7 Å². The first-order valence-electron chi connectivity index (χ1n) is 7.59. The zero-order valence-electron chi connectivity index (χ0n) is 13.3. The van der Waals surface area contributed by atoms with Crippen molar-refractivity contribution in [1.29, 1.82) is 0 Å². The van der Waals surface area contributed by atoms with E-state index < -0.39 is 17.4 Å². The van der Waals surface area contributed by atoms with Crippen molar-refractivity contribution < 1.29 is 14.6 Å². The molecular weight excluding hydrogens is 292 g/mol. The lowest BCUT2D eigenvalue weighted by atomic mass is 9.86. The van der Waals surface area contributed by atoms with Crippen LogP contribution in [0.15, 0.2) is 54.7 Å². The predicted octanol–water partition coefficient (Wildman–Crippen LogP) is 2.74. The fourth-order valence-electron chi connectivity index (χ4n) is 2.87. The number of pyridine rings is 1. The number of carbonyl (C=O) groups excluding carboxylic acids is 1. The van der Waals surface area contributed by atoms with Crippen LogP contribution < -0.4 is 0 Å². The van der Waals surface area contributed by atoms with Crippen molar-refractivity contribution in [2.75, 3.05) is 0 Å². The summed E-state index contributed by atoms with van der Waals surface area (Å²) in [5.41, 5.74) is -0.756. The molecule has 2 unspecified atom stereocenters. The third kappa shape index (κ3) is 2.80. The maximum atomic E-state index is 12.3. The predicted molar refractivity (Wildman–Crippen MR) is 85.4 cm³/mol. The molecule has 23 heavy (non-hydrogen) atoms. The number of ether oxygens (including phenoxy) is 1. The highest BCUT2D eigenvalue weighted by Crippen LogP contribution is 2.40. The number of aliphatic hydroxyl groups is 1. The number of hydrogen-bond acceptors (Lipinski definition) is 4. The van der Waals surface area contributed by atoms with Crippen LogP contribution in [0.25, 0.3) is 0 Å². The van der Waals surface area contributed by atoms with Gasteiger partial charge in [0.15, 0.2) is 11.3 Å². The fourth-order valence-corrected chi connectivity index (χ4v) is 2.87. The molecule has 1 aliphatic heterocycles. The number of benzene rings is 1. The van der Waals surface area contributed by atoms with E-state index >= 15 is 0 Å². The van der Waals surface area contributed by atoms with Gasteiger partial charge in [-0.05, 0) is 31.5 Å². The van der Waals surface area contributed by atoms with E-state index in [0.717, 1.165) is 5.56 Å². The molecule has 120 valence electrons. The minimum atomic E-state index is -1.43. The summed E-state index contributed by atoms with van der Waals surface area (Å²) in [7, 11) is 0. The van der Waals surface area contributed by atoms with Crippen LogP contribution >= 0.6 is 0 Å². The maximum absolute atomic E-state index is 12.3. The van der Waals surface area contributed by atoms with Crippen LogP contribution in [0.4, 0.5) is 4.79 Å². The number of amides is 1. The largest absolute Gasteiger partial charge is 0.438 e. The number of carbonyl (C=O) groups is 1. The Morgan fingerprint density at radius 1 is 1.13 bits per heavy atom. The lowest BCUT2D eigenvalue weighted by Crippen LogP contribution is -2.55. The molecule has 3 rings (SSSR count). The molecule has 1 aromatic carbocycles. The minimum Gasteiger partial charge on any atom is -0.438 e. The molecule has 0 saturated carbocycles. The van der Waals surface area contributed by atoms with Crippen LogP contribution in [0.2, 0.25) is 0 Å². The van der Waals surface area contributed by atoms with Crippen molar-refractivity contribution in [3.05, 3.63) is 66.0 Å². The van der Waals surface area contributed by atoms with Gasteiger partial charge in [-0.3, -0.25) is 9.88 Å². The molecule has 1 aliphatic rings. The van der Waals surface area contributed by atoms with Crippen molar-refractivity contribution in [3.63, 3.8) is 0 Å². The van der Waals surface area contributed by atoms with Crippen molar-refractivity contribution in [1.82, 2.24) is 9.88 Å². The molecule has 5 heteroatoms. The number of hydrogen-bond donors (Lipinski definition) is 1. The third-order valence-electron chi connectivity index (χ3n) is 4.49. The van der Waals surface area contributed by atoms with Gasteiger partial charge in [0, 0.05) is 12.6 Å². The van der Waals surface area contributed by atoms with Crippen molar-refractivity contribution >= 4 is 6.09 Å². The second-order valence-corrected chi connectivity index (χ2v) is 6.19. The van der Waals surface area contributed by atoms with E-state index in [1.807, 2.05) is 48.5 Å². The van der Waals surface area contributed by atoms with Crippen LogP contribution in [0, 0.1) is 0 Å². The quantitative estimate of drug-likeness (QED) is 0.943. The number of aromatic nitrogens is 1.